The van der Waals surface area contributed by atoms with E-state index in [9.17, 15) is 9.59 Å². The molecule has 2 amide bonds. The van der Waals surface area contributed by atoms with E-state index < -0.39 is 5.91 Å². The van der Waals surface area contributed by atoms with Crippen LogP contribution in [0.25, 0.3) is 0 Å². The Morgan fingerprint density at radius 3 is 2.24 bits per heavy atom. The standard InChI is InChI=1S/C27H28N4O3/c32-26(29-34)21-14-28-24(12-11-19-13-20(19)21)30-15-23-22(30)16-31(23)27(33)25(17-7-3-1-4-8-17)18-9-5-2-6-10-18/h1-10,14,19-20,22-23,25,34H,11-13,15-16H2,(H,29,32)/b21-14+,28-24?/t19?,20?,22?,23-/m1/s1. The maximum Gasteiger partial charge on any atom is 0.272 e. The van der Waals surface area contributed by atoms with Crippen molar-refractivity contribution >= 4 is 17.6 Å². The largest absolute Gasteiger partial charge is 0.351 e. The first kappa shape index (κ1) is 21.1. The van der Waals surface area contributed by atoms with Crippen molar-refractivity contribution in [3.05, 3.63) is 83.6 Å². The van der Waals surface area contributed by atoms with E-state index in [1.807, 2.05) is 65.6 Å². The lowest BCUT2D eigenvalue weighted by Gasteiger charge is -2.63. The molecule has 174 valence electrons. The van der Waals surface area contributed by atoms with Crippen LogP contribution in [0.4, 0.5) is 0 Å². The van der Waals surface area contributed by atoms with Crippen LogP contribution in [0.2, 0.25) is 0 Å². The van der Waals surface area contributed by atoms with Gasteiger partial charge in [0.2, 0.25) is 5.91 Å². The molecule has 3 heterocycles. The number of carbonyl (C=O) groups excluding carboxylic acids is 2. The van der Waals surface area contributed by atoms with Gasteiger partial charge in [-0.1, -0.05) is 60.7 Å². The minimum absolute atomic E-state index is 0.153. The minimum Gasteiger partial charge on any atom is -0.351 e. The van der Waals surface area contributed by atoms with Crippen molar-refractivity contribution in [3.8, 4) is 0 Å². The second-order valence-corrected chi connectivity index (χ2v) is 9.74. The SMILES string of the molecule is O=C(NO)/C1=C/N=C(N2C[C@@H]3C2CN3C(=O)C(c2ccccc2)c2ccccc2)CCC2CC12. The molecule has 4 aliphatic rings. The van der Waals surface area contributed by atoms with Crippen molar-refractivity contribution in [2.24, 2.45) is 16.8 Å². The highest BCUT2D eigenvalue weighted by Crippen LogP contribution is 2.48. The summed E-state index contributed by atoms with van der Waals surface area (Å²) in [7, 11) is 0. The molecule has 3 unspecified atom stereocenters. The Hall–Kier alpha value is -3.45. The molecule has 6 rings (SSSR count). The van der Waals surface area contributed by atoms with Crippen LogP contribution in [0.1, 0.15) is 36.3 Å². The molecule has 3 aliphatic heterocycles. The summed E-state index contributed by atoms with van der Waals surface area (Å²) in [5.41, 5.74) is 4.36. The van der Waals surface area contributed by atoms with Gasteiger partial charge in [-0.2, -0.15) is 0 Å². The van der Waals surface area contributed by atoms with E-state index in [1.54, 1.807) is 11.7 Å². The highest BCUT2D eigenvalue weighted by atomic mass is 16.5. The number of fused-ring (bicyclic) bond motifs is 2. The summed E-state index contributed by atoms with van der Waals surface area (Å²) in [5, 5.41) is 9.06. The number of hydrogen-bond donors (Lipinski definition) is 2. The lowest BCUT2D eigenvalue weighted by Crippen LogP contribution is -2.80. The summed E-state index contributed by atoms with van der Waals surface area (Å²) in [6, 6.07) is 20.5. The van der Waals surface area contributed by atoms with Gasteiger partial charge in [0.25, 0.3) is 5.91 Å². The summed E-state index contributed by atoms with van der Waals surface area (Å²) < 4.78 is 0. The Labute approximate surface area is 198 Å². The predicted octanol–water partition coefficient (Wildman–Crippen LogP) is 2.93. The second-order valence-electron chi connectivity index (χ2n) is 9.74. The van der Waals surface area contributed by atoms with E-state index >= 15 is 0 Å². The van der Waals surface area contributed by atoms with E-state index in [0.29, 0.717) is 18.0 Å². The van der Waals surface area contributed by atoms with Crippen molar-refractivity contribution in [1.82, 2.24) is 15.3 Å². The average molecular weight is 457 g/mol. The van der Waals surface area contributed by atoms with Crippen molar-refractivity contribution in [2.75, 3.05) is 13.1 Å². The molecular formula is C27H28N4O3. The van der Waals surface area contributed by atoms with E-state index in [2.05, 4.69) is 9.89 Å². The van der Waals surface area contributed by atoms with Crippen LogP contribution in [0.15, 0.2) is 77.4 Å². The molecule has 0 bridgehead atoms. The van der Waals surface area contributed by atoms with Crippen LogP contribution in [0.5, 0.6) is 0 Å². The second kappa shape index (κ2) is 8.40. The van der Waals surface area contributed by atoms with Gasteiger partial charge < -0.3 is 9.80 Å². The Bertz CT molecular complexity index is 1120. The third-order valence-electron chi connectivity index (χ3n) is 7.92. The number of amides is 2. The lowest BCUT2D eigenvalue weighted by molar-refractivity contribution is -0.157. The zero-order valence-electron chi connectivity index (χ0n) is 18.9. The Balaban J connectivity index is 1.18. The van der Waals surface area contributed by atoms with Gasteiger partial charge in [-0.3, -0.25) is 14.8 Å². The number of aliphatic imine (C=N–C) groups is 1. The molecule has 4 atom stereocenters. The topological polar surface area (TPSA) is 85.2 Å². The van der Waals surface area contributed by atoms with Crippen LogP contribution in [0, 0.1) is 11.8 Å². The maximum absolute atomic E-state index is 13.7. The number of likely N-dealkylation sites (tertiary alicyclic amines) is 2. The summed E-state index contributed by atoms with van der Waals surface area (Å²) in [6.45, 7) is 1.47. The van der Waals surface area contributed by atoms with Gasteiger partial charge >= 0.3 is 0 Å². The molecule has 2 saturated heterocycles. The molecule has 3 fully saturated rings. The molecule has 7 heteroatoms. The number of hydrogen-bond acceptors (Lipinski definition) is 5. The molecular weight excluding hydrogens is 428 g/mol. The van der Waals surface area contributed by atoms with Crippen molar-refractivity contribution in [2.45, 2.75) is 37.3 Å². The van der Waals surface area contributed by atoms with E-state index in [1.165, 1.54) is 0 Å². The molecule has 34 heavy (non-hydrogen) atoms. The van der Waals surface area contributed by atoms with Gasteiger partial charge in [-0.15, -0.1) is 0 Å². The van der Waals surface area contributed by atoms with Crippen LogP contribution in [-0.4, -0.2) is 57.8 Å². The quantitative estimate of drug-likeness (QED) is 0.547. The number of benzene rings is 2. The fraction of sp³-hybridized carbons (Fsp3) is 0.370. The zero-order chi connectivity index (χ0) is 23.2. The summed E-state index contributed by atoms with van der Waals surface area (Å²) in [4.78, 5) is 34.7. The van der Waals surface area contributed by atoms with Crippen LogP contribution >= 0.6 is 0 Å². The van der Waals surface area contributed by atoms with Gasteiger partial charge in [0.15, 0.2) is 0 Å². The van der Waals surface area contributed by atoms with Gasteiger partial charge in [-0.05, 0) is 35.8 Å². The van der Waals surface area contributed by atoms with Crippen LogP contribution < -0.4 is 5.48 Å². The van der Waals surface area contributed by atoms with E-state index in [4.69, 9.17) is 5.21 Å². The summed E-state index contributed by atoms with van der Waals surface area (Å²) in [6.07, 6.45) is 4.51. The van der Waals surface area contributed by atoms with E-state index in [-0.39, 0.29) is 29.8 Å². The minimum atomic E-state index is -0.452. The van der Waals surface area contributed by atoms with Gasteiger partial charge in [-0.25, -0.2) is 10.5 Å². The number of carbonyl (C=O) groups is 2. The zero-order valence-corrected chi connectivity index (χ0v) is 18.9. The monoisotopic (exact) mass is 456 g/mol. The third-order valence-corrected chi connectivity index (χ3v) is 7.92. The molecule has 1 aliphatic carbocycles. The normalized spacial score (nSPS) is 28.6. The van der Waals surface area contributed by atoms with E-state index in [0.717, 1.165) is 42.8 Å². The predicted molar refractivity (Wildman–Crippen MR) is 127 cm³/mol. The molecule has 0 aromatic heterocycles. The first-order valence-corrected chi connectivity index (χ1v) is 12.0. The first-order valence-electron chi connectivity index (χ1n) is 12.0. The molecule has 2 N–H and O–H groups in total. The molecule has 7 nitrogen and oxygen atoms in total. The Morgan fingerprint density at radius 1 is 0.971 bits per heavy atom. The fourth-order valence-corrected chi connectivity index (χ4v) is 5.81. The molecule has 0 radical (unpaired) electrons. The van der Waals surface area contributed by atoms with Gasteiger partial charge in [0, 0.05) is 31.3 Å². The number of rotatable bonds is 4. The number of piperazine rings is 1. The van der Waals surface area contributed by atoms with Crippen LogP contribution in [0.3, 0.4) is 0 Å². The van der Waals surface area contributed by atoms with Crippen molar-refractivity contribution in [3.63, 3.8) is 0 Å². The molecule has 2 aromatic rings. The highest BCUT2D eigenvalue weighted by molar-refractivity contribution is 5.95. The molecule has 1 saturated carbocycles. The van der Waals surface area contributed by atoms with Gasteiger partial charge in [0.1, 0.15) is 5.84 Å². The van der Waals surface area contributed by atoms with Crippen molar-refractivity contribution < 1.29 is 14.8 Å². The van der Waals surface area contributed by atoms with Crippen molar-refractivity contribution in [1.29, 1.82) is 0 Å². The average Bonchev–Trinajstić information content (AvgIpc) is 3.61. The summed E-state index contributed by atoms with van der Waals surface area (Å²) >= 11 is 0. The third kappa shape index (κ3) is 3.51. The molecule has 0 spiro atoms. The maximum atomic E-state index is 13.7. The van der Waals surface area contributed by atoms with Gasteiger partial charge in [0.05, 0.1) is 18.0 Å². The number of amidine groups is 1. The first-order chi connectivity index (χ1) is 16.7. The highest BCUT2D eigenvalue weighted by Gasteiger charge is 2.55. The number of hydroxylamine groups is 1. The number of nitrogens with one attached hydrogen (secondary N) is 1. The lowest BCUT2D eigenvalue weighted by atomic mass is 9.81. The fourth-order valence-electron chi connectivity index (χ4n) is 5.81. The smallest absolute Gasteiger partial charge is 0.272 e. The number of nitrogens with zero attached hydrogens (tertiary/aromatic N) is 3. The van der Waals surface area contributed by atoms with Crippen LogP contribution in [-0.2, 0) is 9.59 Å². The Kier molecular flexibility index (Phi) is 5.21. The Morgan fingerprint density at radius 2 is 1.65 bits per heavy atom. The molecule has 2 aromatic carbocycles. The summed E-state index contributed by atoms with van der Waals surface area (Å²) in [5.74, 6) is 1.09.